The Labute approximate surface area is 141 Å². The monoisotopic (exact) mass is 327 g/mol. The zero-order chi connectivity index (χ0) is 16.8. The van der Waals surface area contributed by atoms with Crippen molar-refractivity contribution in [1.29, 1.82) is 0 Å². The predicted octanol–water partition coefficient (Wildman–Crippen LogP) is 2.66. The van der Waals surface area contributed by atoms with Crippen LogP contribution < -0.4 is 10.6 Å². The number of nitrogen functional groups attached to an aromatic ring is 1. The molecule has 2 aromatic rings. The topological polar surface area (TPSA) is 68.0 Å². The van der Waals surface area contributed by atoms with E-state index in [1.165, 1.54) is 0 Å². The fourth-order valence-corrected chi connectivity index (χ4v) is 2.57. The lowest BCUT2D eigenvalue weighted by Crippen LogP contribution is -2.47. The Morgan fingerprint density at radius 1 is 0.958 bits per heavy atom. The number of hydroxylamine groups is 2. The SMILES string of the molecule is Nc1ccc(N2CCN(OC(=O)OCc3ccccc3)CC2)cc1. The minimum atomic E-state index is -0.667. The molecule has 0 aromatic heterocycles. The van der Waals surface area contributed by atoms with Crippen molar-refractivity contribution in [1.82, 2.24) is 5.06 Å². The number of anilines is 2. The van der Waals surface area contributed by atoms with Crippen molar-refractivity contribution in [3.63, 3.8) is 0 Å². The average Bonchev–Trinajstić information content (AvgIpc) is 2.62. The number of nitrogens with zero attached hydrogens (tertiary/aromatic N) is 2. The fourth-order valence-electron chi connectivity index (χ4n) is 2.57. The summed E-state index contributed by atoms with van der Waals surface area (Å²) in [5.41, 5.74) is 8.51. The first-order valence-electron chi connectivity index (χ1n) is 7.95. The number of ether oxygens (including phenoxy) is 1. The molecule has 0 saturated carbocycles. The first-order valence-corrected chi connectivity index (χ1v) is 7.95. The molecule has 126 valence electrons. The highest BCUT2D eigenvalue weighted by atomic mass is 16.8. The van der Waals surface area contributed by atoms with Gasteiger partial charge in [-0.2, -0.15) is 0 Å². The van der Waals surface area contributed by atoms with Gasteiger partial charge in [-0.3, -0.25) is 0 Å². The van der Waals surface area contributed by atoms with Crippen molar-refractivity contribution in [3.05, 3.63) is 60.2 Å². The van der Waals surface area contributed by atoms with E-state index in [9.17, 15) is 4.79 Å². The van der Waals surface area contributed by atoms with Gasteiger partial charge >= 0.3 is 6.16 Å². The Balaban J connectivity index is 1.41. The summed E-state index contributed by atoms with van der Waals surface area (Å²) in [6.07, 6.45) is -0.667. The van der Waals surface area contributed by atoms with Gasteiger partial charge in [0.15, 0.2) is 0 Å². The molecule has 0 amide bonds. The molecule has 0 spiro atoms. The van der Waals surface area contributed by atoms with E-state index in [4.69, 9.17) is 15.3 Å². The van der Waals surface area contributed by atoms with Crippen LogP contribution in [0, 0.1) is 0 Å². The van der Waals surface area contributed by atoms with Crippen LogP contribution in [0.4, 0.5) is 16.2 Å². The van der Waals surface area contributed by atoms with Gasteiger partial charge in [0.1, 0.15) is 6.61 Å². The van der Waals surface area contributed by atoms with Crippen LogP contribution in [0.1, 0.15) is 5.56 Å². The fraction of sp³-hybridized carbons (Fsp3) is 0.278. The first kappa shape index (κ1) is 16.1. The molecule has 6 nitrogen and oxygen atoms in total. The molecule has 3 rings (SSSR count). The van der Waals surface area contributed by atoms with Crippen molar-refractivity contribution in [2.75, 3.05) is 36.8 Å². The zero-order valence-corrected chi connectivity index (χ0v) is 13.4. The molecule has 24 heavy (non-hydrogen) atoms. The maximum absolute atomic E-state index is 11.8. The van der Waals surface area contributed by atoms with Crippen LogP contribution in [0.5, 0.6) is 0 Å². The summed E-state index contributed by atoms with van der Waals surface area (Å²) in [4.78, 5) is 19.2. The minimum absolute atomic E-state index is 0.213. The van der Waals surface area contributed by atoms with E-state index in [0.29, 0.717) is 13.1 Å². The van der Waals surface area contributed by atoms with Crippen LogP contribution in [0.15, 0.2) is 54.6 Å². The summed E-state index contributed by atoms with van der Waals surface area (Å²) >= 11 is 0. The molecule has 2 N–H and O–H groups in total. The lowest BCUT2D eigenvalue weighted by atomic mass is 10.2. The first-order chi connectivity index (χ1) is 11.7. The Kier molecular flexibility index (Phi) is 5.18. The Bertz CT molecular complexity index is 653. The van der Waals surface area contributed by atoms with Crippen molar-refractivity contribution in [2.45, 2.75) is 6.61 Å². The van der Waals surface area contributed by atoms with Gasteiger partial charge in [-0.15, -0.1) is 5.06 Å². The van der Waals surface area contributed by atoms with Crippen LogP contribution in [0.2, 0.25) is 0 Å². The molecule has 1 saturated heterocycles. The smallest absolute Gasteiger partial charge is 0.428 e. The van der Waals surface area contributed by atoms with E-state index in [-0.39, 0.29) is 6.61 Å². The van der Waals surface area contributed by atoms with E-state index in [1.54, 1.807) is 5.06 Å². The number of nitrogens with two attached hydrogens (primary N) is 1. The van der Waals surface area contributed by atoms with E-state index in [1.807, 2.05) is 54.6 Å². The van der Waals surface area contributed by atoms with Crippen LogP contribution in [0.3, 0.4) is 0 Å². The van der Waals surface area contributed by atoms with Gasteiger partial charge < -0.3 is 20.2 Å². The second-order valence-corrected chi connectivity index (χ2v) is 5.62. The summed E-state index contributed by atoms with van der Waals surface area (Å²) in [7, 11) is 0. The summed E-state index contributed by atoms with van der Waals surface area (Å²) in [6, 6.07) is 17.3. The van der Waals surface area contributed by atoms with Crippen LogP contribution in [-0.4, -0.2) is 37.4 Å². The van der Waals surface area contributed by atoms with Crippen molar-refractivity contribution >= 4 is 17.5 Å². The molecule has 6 heteroatoms. The largest absolute Gasteiger partial charge is 0.528 e. The molecule has 2 aromatic carbocycles. The molecule has 0 unspecified atom stereocenters. The molecule has 1 fully saturated rings. The third kappa shape index (κ3) is 4.39. The predicted molar refractivity (Wildman–Crippen MR) is 92.4 cm³/mol. The lowest BCUT2D eigenvalue weighted by molar-refractivity contribution is -0.131. The van der Waals surface area contributed by atoms with Gasteiger partial charge in [0.2, 0.25) is 0 Å². The van der Waals surface area contributed by atoms with Gasteiger partial charge in [-0.25, -0.2) is 4.79 Å². The minimum Gasteiger partial charge on any atom is -0.428 e. The number of rotatable bonds is 4. The van der Waals surface area contributed by atoms with Crippen LogP contribution in [0.25, 0.3) is 0 Å². The highest BCUT2D eigenvalue weighted by molar-refractivity contribution is 5.59. The van der Waals surface area contributed by atoms with Crippen molar-refractivity contribution < 1.29 is 14.4 Å². The maximum atomic E-state index is 11.8. The molecule has 1 aliphatic heterocycles. The van der Waals surface area contributed by atoms with Crippen LogP contribution >= 0.6 is 0 Å². The van der Waals surface area contributed by atoms with Gasteiger partial charge in [0, 0.05) is 24.5 Å². The van der Waals surface area contributed by atoms with E-state index >= 15 is 0 Å². The highest BCUT2D eigenvalue weighted by Crippen LogP contribution is 2.18. The van der Waals surface area contributed by atoms with Gasteiger partial charge in [0.05, 0.1) is 13.1 Å². The summed E-state index contributed by atoms with van der Waals surface area (Å²) in [6.45, 7) is 3.02. The van der Waals surface area contributed by atoms with Gasteiger partial charge in [-0.1, -0.05) is 30.3 Å². The lowest BCUT2D eigenvalue weighted by Gasteiger charge is -2.34. The zero-order valence-electron chi connectivity index (χ0n) is 13.4. The molecule has 0 atom stereocenters. The number of carbonyl (C=O) groups excluding carboxylic acids is 1. The Hall–Kier alpha value is -2.73. The molecule has 1 aliphatic rings. The molecular formula is C18H21N3O3. The Morgan fingerprint density at radius 3 is 2.29 bits per heavy atom. The van der Waals surface area contributed by atoms with Gasteiger partial charge in [0.25, 0.3) is 0 Å². The number of hydrogen-bond donors (Lipinski definition) is 1. The van der Waals surface area contributed by atoms with Crippen molar-refractivity contribution in [3.8, 4) is 0 Å². The average molecular weight is 327 g/mol. The normalized spacial score (nSPS) is 15.1. The number of carbonyl (C=O) groups is 1. The molecule has 0 radical (unpaired) electrons. The van der Waals surface area contributed by atoms with E-state index < -0.39 is 6.16 Å². The molecular weight excluding hydrogens is 306 g/mol. The summed E-state index contributed by atoms with van der Waals surface area (Å²) in [5, 5.41) is 1.64. The third-order valence-electron chi connectivity index (χ3n) is 3.90. The van der Waals surface area contributed by atoms with Gasteiger partial charge in [-0.05, 0) is 29.8 Å². The number of hydrogen-bond acceptors (Lipinski definition) is 6. The Morgan fingerprint density at radius 2 is 1.62 bits per heavy atom. The highest BCUT2D eigenvalue weighted by Gasteiger charge is 2.21. The number of benzene rings is 2. The summed E-state index contributed by atoms with van der Waals surface area (Å²) in [5.74, 6) is 0. The van der Waals surface area contributed by atoms with E-state index in [0.717, 1.165) is 30.0 Å². The standard InChI is InChI=1S/C18H21N3O3/c19-16-6-8-17(9-7-16)20-10-12-21(13-11-20)24-18(22)23-14-15-4-2-1-3-5-15/h1-9H,10-14,19H2. The summed E-state index contributed by atoms with van der Waals surface area (Å²) < 4.78 is 5.13. The quantitative estimate of drug-likeness (QED) is 0.688. The molecule has 0 aliphatic carbocycles. The third-order valence-corrected chi connectivity index (χ3v) is 3.90. The molecule has 1 heterocycles. The van der Waals surface area contributed by atoms with Crippen molar-refractivity contribution in [2.24, 2.45) is 0 Å². The van der Waals surface area contributed by atoms with E-state index in [2.05, 4.69) is 4.90 Å². The second kappa shape index (κ2) is 7.70. The second-order valence-electron chi connectivity index (χ2n) is 5.62. The maximum Gasteiger partial charge on any atom is 0.528 e. The number of piperazine rings is 1. The molecule has 0 bridgehead atoms. The van der Waals surface area contributed by atoms with Crippen LogP contribution in [-0.2, 0) is 16.2 Å².